The van der Waals surface area contributed by atoms with Crippen LogP contribution in [0.25, 0.3) is 11.0 Å². The van der Waals surface area contributed by atoms with E-state index in [-0.39, 0.29) is 24.0 Å². The molecule has 0 radical (unpaired) electrons. The zero-order valence-electron chi connectivity index (χ0n) is 11.6. The zero-order chi connectivity index (χ0) is 15.5. The summed E-state index contributed by atoms with van der Waals surface area (Å²) in [6.45, 7) is 0. The van der Waals surface area contributed by atoms with Crippen LogP contribution in [-0.2, 0) is 11.2 Å². The second-order valence-corrected chi connectivity index (χ2v) is 4.80. The van der Waals surface area contributed by atoms with Crippen molar-refractivity contribution in [2.24, 2.45) is 10.7 Å². The van der Waals surface area contributed by atoms with Crippen LogP contribution >= 0.6 is 0 Å². The van der Waals surface area contributed by atoms with Crippen LogP contribution in [0.5, 0.6) is 0 Å². The molecule has 0 saturated carbocycles. The summed E-state index contributed by atoms with van der Waals surface area (Å²) in [5.41, 5.74) is 7.91. The number of rotatable bonds is 3. The minimum Gasteiger partial charge on any atom is -0.383 e. The van der Waals surface area contributed by atoms with Gasteiger partial charge < -0.3 is 10.7 Å². The number of carbonyl (C=O) groups excluding carboxylic acids is 1. The molecule has 0 unspecified atom stereocenters. The fraction of sp³-hybridized carbons (Fsp3) is 0.0625. The number of hydrogen-bond acceptors (Lipinski definition) is 2. The molecule has 2 heterocycles. The molecule has 0 spiro atoms. The van der Waals surface area contributed by atoms with Gasteiger partial charge in [0.2, 0.25) is 0 Å². The smallest absolute Gasteiger partial charge is 0.252 e. The Labute approximate surface area is 125 Å². The average Bonchev–Trinajstić information content (AvgIpc) is 2.93. The summed E-state index contributed by atoms with van der Waals surface area (Å²) in [5, 5.41) is 0.804. The van der Waals surface area contributed by atoms with E-state index in [2.05, 4.69) is 15.0 Å². The van der Waals surface area contributed by atoms with Crippen LogP contribution in [0.15, 0.2) is 53.8 Å². The number of hydrogen-bond donors (Lipinski definition) is 2. The predicted molar refractivity (Wildman–Crippen MR) is 81.9 cm³/mol. The third-order valence-corrected chi connectivity index (χ3v) is 3.24. The molecule has 0 aliphatic carbocycles. The highest BCUT2D eigenvalue weighted by Gasteiger charge is 2.10. The van der Waals surface area contributed by atoms with Gasteiger partial charge in [0.05, 0.1) is 6.42 Å². The molecule has 0 aliphatic rings. The quantitative estimate of drug-likeness (QED) is 0.574. The molecular formula is C16H13FN4O. The molecule has 6 heteroatoms. The van der Waals surface area contributed by atoms with Crippen molar-refractivity contribution in [3.63, 3.8) is 0 Å². The van der Waals surface area contributed by atoms with Crippen LogP contribution in [0.1, 0.15) is 11.1 Å². The largest absolute Gasteiger partial charge is 0.383 e. The Morgan fingerprint density at radius 1 is 1.27 bits per heavy atom. The number of nitrogens with two attached hydrogens (primary N) is 1. The van der Waals surface area contributed by atoms with E-state index >= 15 is 0 Å². The number of aromatic nitrogens is 2. The van der Waals surface area contributed by atoms with E-state index in [0.29, 0.717) is 16.8 Å². The number of amides is 1. The van der Waals surface area contributed by atoms with Crippen LogP contribution in [0, 0.1) is 5.82 Å². The first-order valence-electron chi connectivity index (χ1n) is 6.67. The van der Waals surface area contributed by atoms with Gasteiger partial charge in [-0.1, -0.05) is 12.1 Å². The number of pyridine rings is 1. The Morgan fingerprint density at radius 3 is 2.82 bits per heavy atom. The first kappa shape index (κ1) is 13.9. The van der Waals surface area contributed by atoms with E-state index in [9.17, 15) is 9.18 Å². The SMILES string of the molecule is NC(=NC(=O)Cc1ccc(F)cc1)c1c[nH]c2ncccc12. The molecule has 3 N–H and O–H groups in total. The van der Waals surface area contributed by atoms with Crippen molar-refractivity contribution in [3.05, 3.63) is 65.7 Å². The van der Waals surface area contributed by atoms with E-state index < -0.39 is 0 Å². The van der Waals surface area contributed by atoms with E-state index in [0.717, 1.165) is 5.39 Å². The lowest BCUT2D eigenvalue weighted by molar-refractivity contribution is -0.117. The summed E-state index contributed by atoms with van der Waals surface area (Å²) >= 11 is 0. The van der Waals surface area contributed by atoms with Crippen molar-refractivity contribution in [2.75, 3.05) is 0 Å². The fourth-order valence-electron chi connectivity index (χ4n) is 2.18. The van der Waals surface area contributed by atoms with Crippen LogP contribution in [0.2, 0.25) is 0 Å². The lowest BCUT2D eigenvalue weighted by Gasteiger charge is -2.00. The molecule has 0 fully saturated rings. The molecule has 0 saturated heterocycles. The van der Waals surface area contributed by atoms with Gasteiger partial charge in [0, 0.05) is 23.3 Å². The number of halogens is 1. The number of nitrogens with zero attached hydrogens (tertiary/aromatic N) is 2. The van der Waals surface area contributed by atoms with Gasteiger partial charge in [0.1, 0.15) is 17.3 Å². The molecule has 1 amide bonds. The van der Waals surface area contributed by atoms with Crippen LogP contribution < -0.4 is 5.73 Å². The number of amidine groups is 1. The molecule has 5 nitrogen and oxygen atoms in total. The zero-order valence-corrected chi connectivity index (χ0v) is 11.6. The number of nitrogens with one attached hydrogen (secondary N) is 1. The Kier molecular flexibility index (Phi) is 3.65. The lowest BCUT2D eigenvalue weighted by Crippen LogP contribution is -2.16. The summed E-state index contributed by atoms with van der Waals surface area (Å²) in [4.78, 5) is 23.0. The first-order valence-corrected chi connectivity index (χ1v) is 6.67. The van der Waals surface area contributed by atoms with Gasteiger partial charge in [-0.2, -0.15) is 4.99 Å². The molecule has 0 aliphatic heterocycles. The van der Waals surface area contributed by atoms with E-state index in [1.165, 1.54) is 12.1 Å². The number of H-pyrrole nitrogens is 1. The number of aliphatic imine (C=N–C) groups is 1. The topological polar surface area (TPSA) is 84.1 Å². The Morgan fingerprint density at radius 2 is 2.05 bits per heavy atom. The van der Waals surface area contributed by atoms with Gasteiger partial charge in [-0.05, 0) is 29.8 Å². The van der Waals surface area contributed by atoms with Crippen LogP contribution in [0.3, 0.4) is 0 Å². The molecule has 22 heavy (non-hydrogen) atoms. The Hall–Kier alpha value is -3.02. The maximum absolute atomic E-state index is 12.8. The predicted octanol–water partition coefficient (Wildman–Crippen LogP) is 2.18. The molecule has 0 atom stereocenters. The lowest BCUT2D eigenvalue weighted by atomic mass is 10.1. The number of fused-ring (bicyclic) bond motifs is 1. The van der Waals surface area contributed by atoms with Crippen molar-refractivity contribution in [3.8, 4) is 0 Å². The molecular weight excluding hydrogens is 283 g/mol. The van der Waals surface area contributed by atoms with Gasteiger partial charge in [-0.15, -0.1) is 0 Å². The van der Waals surface area contributed by atoms with Gasteiger partial charge in [0.25, 0.3) is 5.91 Å². The highest BCUT2D eigenvalue weighted by molar-refractivity contribution is 6.11. The molecule has 3 rings (SSSR count). The standard InChI is InChI=1S/C16H13FN4O/c17-11-5-3-10(4-6-11)8-14(22)21-15(18)13-9-20-16-12(13)2-1-7-19-16/h1-7,9H,8H2,(H,19,20)(H2,18,21,22). The summed E-state index contributed by atoms with van der Waals surface area (Å²) < 4.78 is 12.8. The summed E-state index contributed by atoms with van der Waals surface area (Å²) in [7, 11) is 0. The van der Waals surface area contributed by atoms with E-state index in [4.69, 9.17) is 5.73 Å². The third kappa shape index (κ3) is 2.85. The molecule has 0 bridgehead atoms. The monoisotopic (exact) mass is 296 g/mol. The van der Waals surface area contributed by atoms with Gasteiger partial charge in [0.15, 0.2) is 0 Å². The minimum atomic E-state index is -0.387. The van der Waals surface area contributed by atoms with Gasteiger partial charge in [-0.25, -0.2) is 9.37 Å². The summed E-state index contributed by atoms with van der Waals surface area (Å²) in [6.07, 6.45) is 3.40. The first-order chi connectivity index (χ1) is 10.6. The fourth-order valence-corrected chi connectivity index (χ4v) is 2.18. The number of benzene rings is 1. The van der Waals surface area contributed by atoms with Crippen molar-refractivity contribution < 1.29 is 9.18 Å². The third-order valence-electron chi connectivity index (χ3n) is 3.24. The second-order valence-electron chi connectivity index (χ2n) is 4.80. The van der Waals surface area contributed by atoms with Crippen LogP contribution in [0.4, 0.5) is 4.39 Å². The Bertz CT molecular complexity index is 852. The second kappa shape index (κ2) is 5.77. The summed E-state index contributed by atoms with van der Waals surface area (Å²) in [5.74, 6) is -0.598. The van der Waals surface area contributed by atoms with Crippen molar-refractivity contribution >= 4 is 22.8 Å². The van der Waals surface area contributed by atoms with Crippen molar-refractivity contribution in [1.82, 2.24) is 9.97 Å². The van der Waals surface area contributed by atoms with Crippen molar-refractivity contribution in [2.45, 2.75) is 6.42 Å². The number of carbonyl (C=O) groups is 1. The average molecular weight is 296 g/mol. The van der Waals surface area contributed by atoms with Gasteiger partial charge >= 0.3 is 0 Å². The highest BCUT2D eigenvalue weighted by atomic mass is 19.1. The van der Waals surface area contributed by atoms with E-state index in [1.807, 2.05) is 6.07 Å². The van der Waals surface area contributed by atoms with Crippen LogP contribution in [-0.4, -0.2) is 21.7 Å². The normalized spacial score (nSPS) is 11.8. The molecule has 1 aromatic carbocycles. The maximum atomic E-state index is 12.8. The van der Waals surface area contributed by atoms with Crippen molar-refractivity contribution in [1.29, 1.82) is 0 Å². The number of aromatic amines is 1. The van der Waals surface area contributed by atoms with E-state index in [1.54, 1.807) is 30.6 Å². The maximum Gasteiger partial charge on any atom is 0.252 e. The Balaban J connectivity index is 1.81. The molecule has 2 aromatic heterocycles. The minimum absolute atomic E-state index is 0.0710. The summed E-state index contributed by atoms with van der Waals surface area (Å²) in [6, 6.07) is 9.35. The molecule has 3 aromatic rings. The molecule has 110 valence electrons. The van der Waals surface area contributed by atoms with Gasteiger partial charge in [-0.3, -0.25) is 4.79 Å². The highest BCUT2D eigenvalue weighted by Crippen LogP contribution is 2.15.